The van der Waals surface area contributed by atoms with E-state index in [0.717, 1.165) is 5.01 Å². The van der Waals surface area contributed by atoms with Crippen LogP contribution in [0.15, 0.2) is 34.8 Å². The van der Waals surface area contributed by atoms with Crippen LogP contribution in [0.5, 0.6) is 0 Å². The minimum absolute atomic E-state index is 0.262. The normalized spacial score (nSPS) is 8.86. The van der Waals surface area contributed by atoms with Crippen LogP contribution in [0.25, 0.3) is 0 Å². The molecule has 0 unspecified atom stereocenters. The van der Waals surface area contributed by atoms with Crippen molar-refractivity contribution in [1.82, 2.24) is 9.97 Å². The van der Waals surface area contributed by atoms with Gasteiger partial charge in [0.2, 0.25) is 5.91 Å². The van der Waals surface area contributed by atoms with Crippen LogP contribution in [-0.4, -0.2) is 15.9 Å². The van der Waals surface area contributed by atoms with Gasteiger partial charge in [0, 0.05) is 11.6 Å². The van der Waals surface area contributed by atoms with Crippen LogP contribution in [0.2, 0.25) is 0 Å². The van der Waals surface area contributed by atoms with E-state index in [1.54, 1.807) is 12.4 Å². The number of aromatic nitrogens is 2. The van der Waals surface area contributed by atoms with E-state index >= 15 is 0 Å². The predicted molar refractivity (Wildman–Crippen MR) is 51.5 cm³/mol. The van der Waals surface area contributed by atoms with Gasteiger partial charge in [-0.15, -0.1) is 11.3 Å². The molecule has 0 bridgehead atoms. The van der Waals surface area contributed by atoms with E-state index in [9.17, 15) is 4.79 Å². The molecule has 2 N–H and O–H groups in total. The van der Waals surface area contributed by atoms with Crippen molar-refractivity contribution in [2.75, 3.05) is 0 Å². The lowest BCUT2D eigenvalue weighted by Crippen LogP contribution is -2.13. The Labute approximate surface area is 84.6 Å². The van der Waals surface area contributed by atoms with Crippen LogP contribution in [0.3, 0.4) is 0 Å². The maximum Gasteiger partial charge on any atom is 0.224 e. The molecule has 2 heterocycles. The summed E-state index contributed by atoms with van der Waals surface area (Å²) < 4.78 is 4.47. The lowest BCUT2D eigenvalue weighted by Gasteiger charge is -1.85. The highest BCUT2D eigenvalue weighted by Gasteiger charge is 1.98. The van der Waals surface area contributed by atoms with Crippen LogP contribution in [0.1, 0.15) is 5.01 Å². The third-order valence-corrected chi connectivity index (χ3v) is 1.94. The number of nitrogens with zero attached hydrogens (tertiary/aromatic N) is 2. The Hall–Kier alpha value is -1.69. The average Bonchev–Trinajstić information content (AvgIpc) is 2.75. The minimum Gasteiger partial charge on any atom is -0.452 e. The van der Waals surface area contributed by atoms with Gasteiger partial charge in [-0.25, -0.2) is 9.97 Å². The highest BCUT2D eigenvalue weighted by Crippen LogP contribution is 2.02. The van der Waals surface area contributed by atoms with Gasteiger partial charge in [0.25, 0.3) is 0 Å². The maximum atomic E-state index is 10.3. The summed E-state index contributed by atoms with van der Waals surface area (Å²) in [6, 6.07) is 0. The molecule has 0 saturated heterocycles. The van der Waals surface area contributed by atoms with Gasteiger partial charge in [-0.05, 0) is 0 Å². The molecule has 1 amide bonds. The Morgan fingerprint density at radius 1 is 1.57 bits per heavy atom. The summed E-state index contributed by atoms with van der Waals surface area (Å²) in [7, 11) is 0. The summed E-state index contributed by atoms with van der Waals surface area (Å²) in [5.41, 5.74) is 4.91. The monoisotopic (exact) mass is 211 g/mol. The van der Waals surface area contributed by atoms with Gasteiger partial charge in [-0.3, -0.25) is 4.79 Å². The van der Waals surface area contributed by atoms with Gasteiger partial charge in [-0.1, -0.05) is 0 Å². The second-order valence-electron chi connectivity index (χ2n) is 2.24. The van der Waals surface area contributed by atoms with Crippen molar-refractivity contribution in [2.45, 2.75) is 6.42 Å². The zero-order valence-electron chi connectivity index (χ0n) is 7.29. The smallest absolute Gasteiger partial charge is 0.224 e. The molecule has 0 fully saturated rings. The van der Waals surface area contributed by atoms with E-state index in [0.29, 0.717) is 0 Å². The van der Waals surface area contributed by atoms with Crippen LogP contribution >= 0.6 is 11.3 Å². The number of primary amides is 1. The van der Waals surface area contributed by atoms with E-state index in [-0.39, 0.29) is 12.3 Å². The molecule has 0 spiro atoms. The fourth-order valence-electron chi connectivity index (χ4n) is 0.665. The number of thiazole rings is 1. The van der Waals surface area contributed by atoms with E-state index in [4.69, 9.17) is 5.73 Å². The largest absolute Gasteiger partial charge is 0.452 e. The van der Waals surface area contributed by atoms with Gasteiger partial charge in [0.15, 0.2) is 6.39 Å². The number of carbonyl (C=O) groups excluding carboxylic acids is 1. The molecular formula is C8H9N3O2S. The van der Waals surface area contributed by atoms with E-state index in [1.165, 1.54) is 24.0 Å². The summed E-state index contributed by atoms with van der Waals surface area (Å²) in [5.74, 6) is -0.329. The first-order valence-corrected chi connectivity index (χ1v) is 4.66. The van der Waals surface area contributed by atoms with Gasteiger partial charge >= 0.3 is 0 Å². The fourth-order valence-corrected chi connectivity index (χ4v) is 1.29. The van der Waals surface area contributed by atoms with Crippen molar-refractivity contribution in [2.24, 2.45) is 5.73 Å². The summed E-state index contributed by atoms with van der Waals surface area (Å²) >= 11 is 1.44. The quantitative estimate of drug-likeness (QED) is 0.798. The number of hydrogen-bond donors (Lipinski definition) is 1. The molecule has 0 aromatic carbocycles. The third-order valence-electron chi connectivity index (χ3n) is 1.16. The Morgan fingerprint density at radius 3 is 2.79 bits per heavy atom. The molecule has 0 atom stereocenters. The Kier molecular flexibility index (Phi) is 4.36. The van der Waals surface area contributed by atoms with Crippen molar-refractivity contribution in [3.05, 3.63) is 35.4 Å². The highest BCUT2D eigenvalue weighted by atomic mass is 32.1. The highest BCUT2D eigenvalue weighted by molar-refractivity contribution is 7.09. The standard InChI is InChI=1S/C5H6N2OS.C3H3NO/c6-4(8)3-5-7-1-2-9-5;1-2-5-3-4-1/h1-2H,3H2,(H2,6,8);1-3H. The van der Waals surface area contributed by atoms with Crippen LogP contribution in [0.4, 0.5) is 0 Å². The molecule has 74 valence electrons. The molecule has 14 heavy (non-hydrogen) atoms. The van der Waals surface area contributed by atoms with Crippen LogP contribution < -0.4 is 5.73 Å². The molecule has 2 rings (SSSR count). The lowest BCUT2D eigenvalue weighted by molar-refractivity contribution is -0.117. The number of rotatable bonds is 2. The van der Waals surface area contributed by atoms with E-state index in [2.05, 4.69) is 14.4 Å². The number of oxazole rings is 1. The van der Waals surface area contributed by atoms with Crippen molar-refractivity contribution in [3.8, 4) is 0 Å². The first-order chi connectivity index (χ1) is 6.79. The van der Waals surface area contributed by atoms with Crippen molar-refractivity contribution in [3.63, 3.8) is 0 Å². The zero-order chi connectivity index (χ0) is 10.2. The van der Waals surface area contributed by atoms with E-state index < -0.39 is 0 Å². The molecule has 0 saturated carbocycles. The summed E-state index contributed by atoms with van der Waals surface area (Å²) in [6.45, 7) is 0. The first kappa shape index (κ1) is 10.4. The summed E-state index contributed by atoms with van der Waals surface area (Å²) in [5, 5.41) is 2.60. The summed E-state index contributed by atoms with van der Waals surface area (Å²) in [6.07, 6.45) is 6.39. The molecule has 0 aliphatic carbocycles. The van der Waals surface area contributed by atoms with Gasteiger partial charge in [0.05, 0.1) is 12.6 Å². The van der Waals surface area contributed by atoms with Gasteiger partial charge < -0.3 is 10.2 Å². The number of carbonyl (C=O) groups is 1. The fraction of sp³-hybridized carbons (Fsp3) is 0.125. The molecule has 5 nitrogen and oxygen atoms in total. The molecule has 2 aromatic heterocycles. The number of hydrogen-bond acceptors (Lipinski definition) is 5. The van der Waals surface area contributed by atoms with E-state index in [1.807, 2.05) is 5.38 Å². The van der Waals surface area contributed by atoms with Crippen molar-refractivity contribution < 1.29 is 9.21 Å². The second-order valence-corrected chi connectivity index (χ2v) is 3.22. The Balaban J connectivity index is 0.000000165. The lowest BCUT2D eigenvalue weighted by atomic mass is 10.4. The minimum atomic E-state index is -0.329. The predicted octanol–water partition coefficient (Wildman–Crippen LogP) is 0.845. The van der Waals surface area contributed by atoms with Crippen LogP contribution in [0, 0.1) is 0 Å². The van der Waals surface area contributed by atoms with Crippen molar-refractivity contribution >= 4 is 17.2 Å². The Bertz CT molecular complexity index is 327. The first-order valence-electron chi connectivity index (χ1n) is 3.78. The molecule has 0 aliphatic heterocycles. The maximum absolute atomic E-state index is 10.3. The van der Waals surface area contributed by atoms with Crippen LogP contribution in [-0.2, 0) is 11.2 Å². The van der Waals surface area contributed by atoms with Crippen molar-refractivity contribution in [1.29, 1.82) is 0 Å². The zero-order valence-corrected chi connectivity index (χ0v) is 8.11. The third kappa shape index (κ3) is 4.36. The molecule has 6 heteroatoms. The molecular weight excluding hydrogens is 202 g/mol. The number of amides is 1. The molecule has 2 aromatic rings. The second kappa shape index (κ2) is 5.87. The van der Waals surface area contributed by atoms with Gasteiger partial charge in [0.1, 0.15) is 11.3 Å². The Morgan fingerprint density at radius 2 is 2.43 bits per heavy atom. The molecule has 0 radical (unpaired) electrons. The SMILES string of the molecule is NC(=O)Cc1nccs1.c1cocn1. The number of nitrogens with two attached hydrogens (primary N) is 1. The van der Waals surface area contributed by atoms with Gasteiger partial charge in [-0.2, -0.15) is 0 Å². The average molecular weight is 211 g/mol. The topological polar surface area (TPSA) is 82.0 Å². The molecule has 0 aliphatic rings. The summed E-state index contributed by atoms with van der Waals surface area (Å²) in [4.78, 5) is 17.7.